The summed E-state index contributed by atoms with van der Waals surface area (Å²) >= 11 is 3.33. The number of allylic oxidation sites excluding steroid dienone is 2. The van der Waals surface area contributed by atoms with Crippen LogP contribution in [0.4, 0.5) is 8.78 Å². The number of aromatic amines is 4. The molecule has 204 valence electrons. The fourth-order valence-corrected chi connectivity index (χ4v) is 4.09. The van der Waals surface area contributed by atoms with Crippen molar-refractivity contribution >= 4 is 59.5 Å². The van der Waals surface area contributed by atoms with Crippen molar-refractivity contribution in [1.29, 1.82) is 0 Å². The fourth-order valence-electron chi connectivity index (χ4n) is 3.68. The Labute approximate surface area is 232 Å². The quantitative estimate of drug-likeness (QED) is 0.132. The summed E-state index contributed by atoms with van der Waals surface area (Å²) in [6.45, 7) is 10.5. The number of pyridine rings is 2. The van der Waals surface area contributed by atoms with E-state index in [2.05, 4.69) is 69.6 Å². The highest BCUT2D eigenvalue weighted by Crippen LogP contribution is 2.27. The molecule has 39 heavy (non-hydrogen) atoms. The van der Waals surface area contributed by atoms with Crippen LogP contribution in [-0.4, -0.2) is 19.9 Å². The van der Waals surface area contributed by atoms with Crippen LogP contribution >= 0.6 is 15.9 Å². The molecule has 0 atom stereocenters. The van der Waals surface area contributed by atoms with Crippen molar-refractivity contribution in [3.05, 3.63) is 103 Å². The highest BCUT2D eigenvalue weighted by molar-refractivity contribution is 9.10. The van der Waals surface area contributed by atoms with Crippen molar-refractivity contribution in [1.82, 2.24) is 19.9 Å². The van der Waals surface area contributed by atoms with Crippen molar-refractivity contribution in [3.8, 4) is 0 Å². The van der Waals surface area contributed by atoms with E-state index in [1.165, 1.54) is 36.3 Å². The van der Waals surface area contributed by atoms with E-state index in [1.807, 2.05) is 6.92 Å². The molecule has 0 bridgehead atoms. The van der Waals surface area contributed by atoms with Crippen molar-refractivity contribution in [2.75, 3.05) is 0 Å². The second-order valence-corrected chi connectivity index (χ2v) is 9.87. The predicted molar refractivity (Wildman–Crippen MR) is 162 cm³/mol. The van der Waals surface area contributed by atoms with Gasteiger partial charge in [-0.25, -0.2) is 8.78 Å². The first-order valence-electron chi connectivity index (χ1n) is 12.5. The molecule has 0 aliphatic carbocycles. The van der Waals surface area contributed by atoms with Crippen LogP contribution in [0.3, 0.4) is 0 Å². The second-order valence-electron chi connectivity index (χ2n) is 9.01. The molecule has 0 unspecified atom stereocenters. The van der Waals surface area contributed by atoms with Gasteiger partial charge in [-0.2, -0.15) is 0 Å². The van der Waals surface area contributed by atoms with Crippen molar-refractivity contribution in [3.63, 3.8) is 0 Å². The summed E-state index contributed by atoms with van der Waals surface area (Å²) in [5, 5.41) is 2.19. The zero-order chi connectivity index (χ0) is 28.7. The van der Waals surface area contributed by atoms with Gasteiger partial charge in [0.15, 0.2) is 0 Å². The number of hydrogen-bond acceptors (Lipinski definition) is 2. The highest BCUT2D eigenvalue weighted by atomic mass is 79.9. The third kappa shape index (κ3) is 6.92. The lowest BCUT2D eigenvalue weighted by Crippen LogP contribution is -2.03. The van der Waals surface area contributed by atoms with Gasteiger partial charge in [0.25, 0.3) is 11.1 Å². The summed E-state index contributed by atoms with van der Waals surface area (Å²) in [4.78, 5) is 34.6. The van der Waals surface area contributed by atoms with Crippen molar-refractivity contribution in [2.24, 2.45) is 0 Å². The zero-order valence-corrected chi connectivity index (χ0v) is 24.0. The van der Waals surface area contributed by atoms with Crippen LogP contribution < -0.4 is 11.1 Å². The molecule has 9 heteroatoms. The molecule has 0 radical (unpaired) electrons. The number of benzene rings is 2. The second kappa shape index (κ2) is 13.2. The van der Waals surface area contributed by atoms with E-state index >= 15 is 0 Å². The van der Waals surface area contributed by atoms with Gasteiger partial charge >= 0.3 is 0 Å². The summed E-state index contributed by atoms with van der Waals surface area (Å²) in [5.41, 5.74) is 3.87. The van der Waals surface area contributed by atoms with Gasteiger partial charge < -0.3 is 19.9 Å². The van der Waals surface area contributed by atoms with Crippen molar-refractivity contribution < 1.29 is 8.78 Å². The van der Waals surface area contributed by atoms with Crippen LogP contribution in [0.1, 0.15) is 41.0 Å². The summed E-state index contributed by atoms with van der Waals surface area (Å²) in [6.07, 6.45) is 6.47. The minimum absolute atomic E-state index is 0.204. The van der Waals surface area contributed by atoms with Gasteiger partial charge in [0.1, 0.15) is 11.6 Å². The van der Waals surface area contributed by atoms with Gasteiger partial charge in [-0.15, -0.1) is 0 Å². The molecule has 6 aromatic rings. The molecule has 0 aliphatic rings. The number of nitrogens with one attached hydrogen (secondary N) is 4. The number of fused-ring (bicyclic) bond motifs is 6. The maximum atomic E-state index is 13.1. The molecule has 0 spiro atoms. The zero-order valence-electron chi connectivity index (χ0n) is 22.4. The van der Waals surface area contributed by atoms with Gasteiger partial charge in [-0.3, -0.25) is 9.59 Å². The average molecular weight is 598 g/mol. The maximum Gasteiger partial charge on any atom is 0.258 e. The van der Waals surface area contributed by atoms with Crippen LogP contribution in [0.25, 0.3) is 43.6 Å². The number of aromatic nitrogens is 4. The standard InChI is InChI=1S/C11H6BrFN2O.C11H7FN2O.C5H10.C3H8/c12-7-4-14-11(16)9-6-3-5(13)1-2-8(6)15-10(7)9;12-6-1-2-8-7(5-6)10-9(14-8)3-4-13-11(10)15;1-4-5(2)3;1-3-2/h1-4,15H,(H,14,16);1-5,14H,(H,13,15);4H,1-3H3;3H2,1-2H3. The van der Waals surface area contributed by atoms with Crippen LogP contribution in [0.15, 0.2) is 80.6 Å². The molecule has 6 nitrogen and oxygen atoms in total. The Morgan fingerprint density at radius 3 is 1.90 bits per heavy atom. The molecule has 0 saturated carbocycles. The molecule has 4 N–H and O–H groups in total. The normalized spacial score (nSPS) is 10.4. The van der Waals surface area contributed by atoms with Gasteiger partial charge in [-0.1, -0.05) is 31.9 Å². The van der Waals surface area contributed by atoms with E-state index < -0.39 is 0 Å². The molecule has 0 saturated heterocycles. The van der Waals surface area contributed by atoms with Crippen LogP contribution in [0, 0.1) is 11.6 Å². The van der Waals surface area contributed by atoms with Crippen molar-refractivity contribution in [2.45, 2.75) is 41.0 Å². The Hall–Kier alpha value is -3.98. The third-order valence-electron chi connectivity index (χ3n) is 5.61. The minimum atomic E-state index is -0.354. The van der Waals surface area contributed by atoms with Gasteiger partial charge in [0, 0.05) is 34.2 Å². The lowest BCUT2D eigenvalue weighted by molar-refractivity contribution is 0.629. The topological polar surface area (TPSA) is 97.3 Å². The first-order chi connectivity index (χ1) is 18.6. The lowest BCUT2D eigenvalue weighted by atomic mass is 10.2. The van der Waals surface area contributed by atoms with Crippen LogP contribution in [-0.2, 0) is 0 Å². The Morgan fingerprint density at radius 1 is 0.821 bits per heavy atom. The number of halogens is 3. The molecule has 4 heterocycles. The van der Waals surface area contributed by atoms with E-state index in [9.17, 15) is 18.4 Å². The lowest BCUT2D eigenvalue weighted by Gasteiger charge is -1.92. The Balaban J connectivity index is 0.000000171. The number of hydrogen-bond donors (Lipinski definition) is 4. The van der Waals surface area contributed by atoms with E-state index in [1.54, 1.807) is 30.6 Å². The summed E-state index contributed by atoms with van der Waals surface area (Å²) in [7, 11) is 0. The Kier molecular flexibility index (Phi) is 10.0. The molecule has 6 rings (SSSR count). The van der Waals surface area contributed by atoms with E-state index in [4.69, 9.17) is 0 Å². The number of H-pyrrole nitrogens is 4. The Bertz CT molecular complexity index is 1880. The fraction of sp³-hybridized carbons (Fsp3) is 0.200. The Morgan fingerprint density at radius 2 is 1.33 bits per heavy atom. The molecule has 0 fully saturated rings. The first-order valence-corrected chi connectivity index (χ1v) is 13.3. The molecular weight excluding hydrogens is 566 g/mol. The summed E-state index contributed by atoms with van der Waals surface area (Å²) in [6, 6.07) is 10.5. The number of rotatable bonds is 0. The predicted octanol–water partition coefficient (Wildman–Crippen LogP) is 8.45. The SMILES string of the molecule is CC=C(C)C.CCC.O=c1[nH]cc(Br)c2[nH]c3ccc(F)cc3c12.O=c1[nH]ccc2[nH]c3ccc(F)cc3c12. The van der Waals surface area contributed by atoms with E-state index in [-0.39, 0.29) is 22.8 Å². The molecule has 0 amide bonds. The molecule has 2 aromatic carbocycles. The monoisotopic (exact) mass is 596 g/mol. The highest BCUT2D eigenvalue weighted by Gasteiger charge is 2.11. The largest absolute Gasteiger partial charge is 0.354 e. The molecule has 0 aliphatic heterocycles. The third-order valence-corrected chi connectivity index (χ3v) is 6.24. The smallest absolute Gasteiger partial charge is 0.258 e. The maximum absolute atomic E-state index is 13.1. The van der Waals surface area contributed by atoms with Crippen LogP contribution in [0.2, 0.25) is 0 Å². The summed E-state index contributed by atoms with van der Waals surface area (Å²) < 4.78 is 26.9. The van der Waals surface area contributed by atoms with Crippen LogP contribution in [0.5, 0.6) is 0 Å². The van der Waals surface area contributed by atoms with Gasteiger partial charge in [0.2, 0.25) is 0 Å². The summed E-state index contributed by atoms with van der Waals surface area (Å²) in [5.74, 6) is -0.695. The van der Waals surface area contributed by atoms with Gasteiger partial charge in [-0.05, 0) is 79.2 Å². The first kappa shape index (κ1) is 29.6. The minimum Gasteiger partial charge on any atom is -0.354 e. The van der Waals surface area contributed by atoms with E-state index in [0.29, 0.717) is 27.1 Å². The van der Waals surface area contributed by atoms with Gasteiger partial charge in [0.05, 0.1) is 26.3 Å². The van der Waals surface area contributed by atoms with E-state index in [0.717, 1.165) is 21.0 Å². The molecular formula is C30H31BrF2N4O2. The average Bonchev–Trinajstić information content (AvgIpc) is 3.47. The molecule has 4 aromatic heterocycles.